The fourth-order valence-corrected chi connectivity index (χ4v) is 7.50. The molecule has 2 aliphatic heterocycles. The van der Waals surface area contributed by atoms with E-state index in [-0.39, 0.29) is 29.7 Å². The smallest absolute Gasteiger partial charge is 0.299 e. The number of piperazine rings is 1. The molecule has 14 nitrogen and oxygen atoms in total. The predicted molar refractivity (Wildman–Crippen MR) is 200 cm³/mol. The zero-order valence-electron chi connectivity index (χ0n) is 30.7. The van der Waals surface area contributed by atoms with E-state index in [0.717, 1.165) is 28.6 Å². The highest BCUT2D eigenvalue weighted by Gasteiger charge is 2.33. The summed E-state index contributed by atoms with van der Waals surface area (Å²) in [5, 5.41) is 18.7. The number of nitrogens with zero attached hydrogens (tertiary/aromatic N) is 7. The zero-order valence-corrected chi connectivity index (χ0v) is 30.7. The number of amides is 2. The Morgan fingerprint density at radius 1 is 1.07 bits per heavy atom. The van der Waals surface area contributed by atoms with Gasteiger partial charge < -0.3 is 34.5 Å². The van der Waals surface area contributed by atoms with E-state index in [1.807, 2.05) is 56.0 Å². The van der Waals surface area contributed by atoms with Gasteiger partial charge in [-0.1, -0.05) is 25.1 Å². The number of phenols is 1. The summed E-state index contributed by atoms with van der Waals surface area (Å²) in [6, 6.07) is 12.7. The first kappa shape index (κ1) is 35.8. The van der Waals surface area contributed by atoms with Gasteiger partial charge in [-0.25, -0.2) is 13.8 Å². The lowest BCUT2D eigenvalue weighted by Crippen LogP contribution is -2.51. The minimum atomic E-state index is -3.19. The zero-order chi connectivity index (χ0) is 38.8. The van der Waals surface area contributed by atoms with Gasteiger partial charge in [0.05, 0.1) is 29.1 Å². The van der Waals surface area contributed by atoms with Crippen molar-refractivity contribution in [3.8, 4) is 17.1 Å². The number of anilines is 2. The number of H-pyrrole nitrogens is 1. The first-order chi connectivity index (χ1) is 26.2. The third-order valence-electron chi connectivity index (χ3n) is 10.4. The molecule has 6 heterocycles. The van der Waals surface area contributed by atoms with Crippen molar-refractivity contribution in [2.24, 2.45) is 0 Å². The summed E-state index contributed by atoms with van der Waals surface area (Å²) in [4.78, 5) is 57.6. The fraction of sp³-hybridized carbons (Fsp3) is 0.333. The van der Waals surface area contributed by atoms with Gasteiger partial charge in [0.1, 0.15) is 18.0 Å². The molecule has 16 heteroatoms. The Bertz CT molecular complexity index is 2560. The number of aromatic nitrogens is 6. The highest BCUT2D eigenvalue weighted by atomic mass is 19.3. The normalized spacial score (nSPS) is 15.5. The molecular formula is C39H39F2N9O5. The van der Waals surface area contributed by atoms with Crippen LogP contribution in [0.3, 0.4) is 0 Å². The molecule has 0 atom stereocenters. The van der Waals surface area contributed by atoms with Crippen molar-refractivity contribution in [2.45, 2.75) is 58.8 Å². The molecular weight excluding hydrogens is 712 g/mol. The molecule has 1 fully saturated rings. The topological polar surface area (TPSA) is 163 Å². The molecule has 3 N–H and O–H groups in total. The van der Waals surface area contributed by atoms with Gasteiger partial charge in [-0.2, -0.15) is 9.50 Å². The maximum absolute atomic E-state index is 14.5. The second kappa shape index (κ2) is 13.3. The minimum Gasteiger partial charge on any atom is -0.506 e. The van der Waals surface area contributed by atoms with Gasteiger partial charge in [-0.05, 0) is 61.7 Å². The van der Waals surface area contributed by atoms with Crippen LogP contribution in [0.1, 0.15) is 60.6 Å². The number of fused-ring (bicyclic) bond motifs is 3. The van der Waals surface area contributed by atoms with Crippen molar-refractivity contribution in [3.05, 3.63) is 99.4 Å². The molecule has 2 aromatic carbocycles. The summed E-state index contributed by atoms with van der Waals surface area (Å²) >= 11 is 0. The van der Waals surface area contributed by atoms with Crippen LogP contribution in [0.25, 0.3) is 28.1 Å². The van der Waals surface area contributed by atoms with E-state index in [2.05, 4.69) is 20.4 Å². The number of aromatic hydroxyl groups is 1. The van der Waals surface area contributed by atoms with Gasteiger partial charge in [-0.3, -0.25) is 14.4 Å². The molecule has 284 valence electrons. The van der Waals surface area contributed by atoms with Crippen molar-refractivity contribution < 1.29 is 28.2 Å². The van der Waals surface area contributed by atoms with Crippen molar-refractivity contribution in [2.75, 3.05) is 36.4 Å². The fourth-order valence-electron chi connectivity index (χ4n) is 7.50. The molecule has 2 amide bonds. The number of ether oxygens (including phenoxy) is 1. The summed E-state index contributed by atoms with van der Waals surface area (Å²) < 4.78 is 36.6. The number of phenolic OH excluding ortho intramolecular Hbond substituents is 1. The molecule has 55 heavy (non-hydrogen) atoms. The first-order valence-corrected chi connectivity index (χ1v) is 18.0. The average molecular weight is 752 g/mol. The third kappa shape index (κ3) is 6.35. The van der Waals surface area contributed by atoms with Crippen LogP contribution in [0.4, 0.5) is 20.2 Å². The molecule has 2 aliphatic rings. The van der Waals surface area contributed by atoms with Gasteiger partial charge in [0.2, 0.25) is 11.7 Å². The molecule has 1 saturated heterocycles. The monoisotopic (exact) mass is 751 g/mol. The van der Waals surface area contributed by atoms with E-state index in [9.17, 15) is 28.3 Å². The number of alkyl halides is 2. The lowest BCUT2D eigenvalue weighted by atomic mass is 9.94. The van der Waals surface area contributed by atoms with Crippen LogP contribution in [-0.2, 0) is 40.6 Å². The number of nitrogens with one attached hydrogen (secondary N) is 2. The first-order valence-electron chi connectivity index (χ1n) is 18.0. The summed E-state index contributed by atoms with van der Waals surface area (Å²) in [6.07, 6.45) is 3.69. The van der Waals surface area contributed by atoms with Crippen LogP contribution in [0, 0.1) is 0 Å². The molecule has 0 saturated carbocycles. The molecule has 0 radical (unpaired) electrons. The van der Waals surface area contributed by atoms with E-state index >= 15 is 0 Å². The van der Waals surface area contributed by atoms with Gasteiger partial charge in [0.25, 0.3) is 17.4 Å². The molecule has 0 aliphatic carbocycles. The van der Waals surface area contributed by atoms with Crippen LogP contribution in [0.2, 0.25) is 0 Å². The minimum absolute atomic E-state index is 0.0518. The van der Waals surface area contributed by atoms with Crippen LogP contribution < -0.4 is 15.8 Å². The van der Waals surface area contributed by atoms with Gasteiger partial charge in [0, 0.05) is 62.0 Å². The maximum Gasteiger partial charge on any atom is 0.299 e. The molecule has 8 rings (SSSR count). The van der Waals surface area contributed by atoms with E-state index in [0.29, 0.717) is 74.3 Å². The van der Waals surface area contributed by atoms with Crippen LogP contribution in [-0.4, -0.2) is 77.1 Å². The average Bonchev–Trinajstić information content (AvgIpc) is 3.90. The number of carbonyl (C=O) groups excluding carboxylic acids is 2. The number of rotatable bonds is 8. The number of pyridine rings is 1. The number of aromatic amines is 1. The van der Waals surface area contributed by atoms with Crippen LogP contribution in [0.15, 0.2) is 65.7 Å². The number of carbonyl (C=O) groups is 2. The highest BCUT2D eigenvalue weighted by Crippen LogP contribution is 2.38. The summed E-state index contributed by atoms with van der Waals surface area (Å²) in [6.45, 7) is 7.88. The summed E-state index contributed by atoms with van der Waals surface area (Å²) in [5.41, 5.74) is 3.16. The van der Waals surface area contributed by atoms with Gasteiger partial charge in [0.15, 0.2) is 11.5 Å². The quantitative estimate of drug-likeness (QED) is 0.178. The molecule has 4 aromatic heterocycles. The Morgan fingerprint density at radius 2 is 1.85 bits per heavy atom. The number of hydrogen-bond donors (Lipinski definition) is 3. The Kier molecular flexibility index (Phi) is 8.67. The molecule has 6 aromatic rings. The molecule has 0 spiro atoms. The lowest BCUT2D eigenvalue weighted by molar-refractivity contribution is -0.116. The number of benzene rings is 2. The number of hydrogen-bond acceptors (Lipinski definition) is 9. The van der Waals surface area contributed by atoms with E-state index in [4.69, 9.17) is 9.72 Å². The van der Waals surface area contributed by atoms with Crippen molar-refractivity contribution in [3.63, 3.8) is 0 Å². The van der Waals surface area contributed by atoms with Gasteiger partial charge >= 0.3 is 0 Å². The Morgan fingerprint density at radius 3 is 2.58 bits per heavy atom. The Hall–Kier alpha value is -6.16. The van der Waals surface area contributed by atoms with Crippen LogP contribution >= 0.6 is 0 Å². The van der Waals surface area contributed by atoms with Crippen molar-refractivity contribution >= 4 is 39.9 Å². The Labute approximate surface area is 313 Å². The second-order valence-corrected chi connectivity index (χ2v) is 14.4. The molecule has 0 bridgehead atoms. The highest BCUT2D eigenvalue weighted by molar-refractivity contribution is 6.03. The molecule has 0 unspecified atom stereocenters. The largest absolute Gasteiger partial charge is 0.506 e. The predicted octanol–water partition coefficient (Wildman–Crippen LogP) is 5.18. The third-order valence-corrected chi connectivity index (χ3v) is 10.4. The summed E-state index contributed by atoms with van der Waals surface area (Å²) in [5.74, 6) is -4.13. The van der Waals surface area contributed by atoms with Gasteiger partial charge in [-0.15, -0.1) is 5.10 Å². The second-order valence-electron chi connectivity index (χ2n) is 14.4. The van der Waals surface area contributed by atoms with E-state index in [1.165, 1.54) is 10.6 Å². The van der Waals surface area contributed by atoms with Crippen LogP contribution in [0.5, 0.6) is 5.75 Å². The van der Waals surface area contributed by atoms with Crippen molar-refractivity contribution in [1.29, 1.82) is 0 Å². The van der Waals surface area contributed by atoms with E-state index in [1.54, 1.807) is 21.9 Å². The lowest BCUT2D eigenvalue weighted by Gasteiger charge is -2.36. The summed E-state index contributed by atoms with van der Waals surface area (Å²) in [7, 11) is 0. The Balaban J connectivity index is 1.16. The number of halogens is 2. The van der Waals surface area contributed by atoms with Crippen molar-refractivity contribution in [1.82, 2.24) is 34.0 Å². The maximum atomic E-state index is 14.5. The standard InChI is InChI=1S/C39H39F2N9O5/c1-5-28-33(47-14-16-48(17-15-47)35(53)32-31-22(10-12-42-31)11-13-43-32)36(54)50-37(45-34(46-50)23-6-8-26-24(18-23)21-55-38(26,2)3)49(28)20-30(52)44-27-9-7-25(19-29(27)51)39(4,40)41/h6-13,18-19,42,51H,5,14-17,20-21H2,1-4H3,(H,44,52). The SMILES string of the molecule is CCc1c(N2CCN(C(=O)c3nccc4cc[nH]c34)CC2)c(=O)n2nc(-c3ccc4c(c3)COC4(C)C)nc2n1CC(=O)Nc1ccc(C(C)(F)F)cc1O. The van der Waals surface area contributed by atoms with E-state index < -0.39 is 34.3 Å².